The highest BCUT2D eigenvalue weighted by Crippen LogP contribution is 2.22. The molecule has 0 spiro atoms. The van der Waals surface area contributed by atoms with Gasteiger partial charge in [0.25, 0.3) is 0 Å². The van der Waals surface area contributed by atoms with Gasteiger partial charge in [-0.3, -0.25) is 14.6 Å². The minimum Gasteiger partial charge on any atom is -0.487 e. The lowest BCUT2D eigenvalue weighted by atomic mass is 10.1. The number of hydrogen-bond donors (Lipinski definition) is 0. The van der Waals surface area contributed by atoms with E-state index in [9.17, 15) is 0 Å². The van der Waals surface area contributed by atoms with Gasteiger partial charge < -0.3 is 4.74 Å². The Morgan fingerprint density at radius 2 is 1.96 bits per heavy atom. The summed E-state index contributed by atoms with van der Waals surface area (Å²) in [4.78, 5) is 6.84. The summed E-state index contributed by atoms with van der Waals surface area (Å²) < 4.78 is 7.86. The molecular formula is C21H24N4O. The van der Waals surface area contributed by atoms with Crippen LogP contribution in [0.2, 0.25) is 0 Å². The zero-order valence-electron chi connectivity index (χ0n) is 14.9. The number of ether oxygens (including phenoxy) is 1. The number of pyridine rings is 1. The molecule has 0 aliphatic carbocycles. The predicted molar refractivity (Wildman–Crippen MR) is 101 cm³/mol. The molecule has 1 aromatic carbocycles. The standard InChI is InChI=1S/C21H24N4O/c1-2-11-22-19(5-1)17-26-21-9-7-18(8-10-21)15-24-13-3-6-20(24)16-25-14-4-12-23-25/h1-2,4-5,7-12,14,20H,3,6,13,15-17H2. The van der Waals surface area contributed by atoms with Crippen molar-refractivity contribution in [3.05, 3.63) is 78.4 Å². The van der Waals surface area contributed by atoms with Gasteiger partial charge in [0.1, 0.15) is 12.4 Å². The molecule has 5 heteroatoms. The van der Waals surface area contributed by atoms with Gasteiger partial charge in [0.15, 0.2) is 0 Å². The van der Waals surface area contributed by atoms with E-state index in [4.69, 9.17) is 4.74 Å². The Labute approximate surface area is 154 Å². The first-order valence-corrected chi connectivity index (χ1v) is 9.20. The van der Waals surface area contributed by atoms with Gasteiger partial charge in [0.2, 0.25) is 0 Å². The lowest BCUT2D eigenvalue weighted by Gasteiger charge is -2.24. The van der Waals surface area contributed by atoms with E-state index in [0.717, 1.165) is 31.1 Å². The highest BCUT2D eigenvalue weighted by molar-refractivity contribution is 5.27. The number of aromatic nitrogens is 3. The van der Waals surface area contributed by atoms with Crippen molar-refractivity contribution in [3.8, 4) is 5.75 Å². The van der Waals surface area contributed by atoms with Crippen LogP contribution in [0, 0.1) is 0 Å². The molecule has 1 saturated heterocycles. The first-order valence-electron chi connectivity index (χ1n) is 9.20. The second-order valence-corrected chi connectivity index (χ2v) is 6.75. The molecule has 4 rings (SSSR count). The quantitative estimate of drug-likeness (QED) is 0.655. The summed E-state index contributed by atoms with van der Waals surface area (Å²) in [5.74, 6) is 0.883. The van der Waals surface area contributed by atoms with E-state index >= 15 is 0 Å². The second-order valence-electron chi connectivity index (χ2n) is 6.75. The molecular weight excluding hydrogens is 324 g/mol. The largest absolute Gasteiger partial charge is 0.487 e. The third-order valence-electron chi connectivity index (χ3n) is 4.88. The maximum atomic E-state index is 5.82. The molecule has 5 nitrogen and oxygen atoms in total. The van der Waals surface area contributed by atoms with Crippen LogP contribution in [-0.4, -0.2) is 32.3 Å². The van der Waals surface area contributed by atoms with Gasteiger partial charge >= 0.3 is 0 Å². The molecule has 1 atom stereocenters. The summed E-state index contributed by atoms with van der Waals surface area (Å²) >= 11 is 0. The van der Waals surface area contributed by atoms with E-state index < -0.39 is 0 Å². The maximum Gasteiger partial charge on any atom is 0.130 e. The predicted octanol–water partition coefficient (Wildman–Crippen LogP) is 3.52. The molecule has 3 aromatic rings. The zero-order chi connectivity index (χ0) is 17.6. The van der Waals surface area contributed by atoms with E-state index in [-0.39, 0.29) is 0 Å². The van der Waals surface area contributed by atoms with Crippen molar-refractivity contribution < 1.29 is 4.74 Å². The van der Waals surface area contributed by atoms with Crippen molar-refractivity contribution in [1.82, 2.24) is 19.7 Å². The van der Waals surface area contributed by atoms with Crippen LogP contribution < -0.4 is 4.74 Å². The third-order valence-corrected chi connectivity index (χ3v) is 4.88. The molecule has 3 heterocycles. The van der Waals surface area contributed by atoms with E-state index in [0.29, 0.717) is 12.6 Å². The second kappa shape index (κ2) is 8.15. The number of nitrogens with zero attached hydrogens (tertiary/aromatic N) is 4. The summed E-state index contributed by atoms with van der Waals surface area (Å²) in [6.45, 7) is 3.60. The number of benzene rings is 1. The lowest BCUT2D eigenvalue weighted by Crippen LogP contribution is -2.32. The van der Waals surface area contributed by atoms with Gasteiger partial charge in [-0.2, -0.15) is 5.10 Å². The molecule has 1 aliphatic rings. The average molecular weight is 348 g/mol. The van der Waals surface area contributed by atoms with Crippen molar-refractivity contribution in [2.24, 2.45) is 0 Å². The van der Waals surface area contributed by atoms with Gasteiger partial charge in [-0.15, -0.1) is 0 Å². The fourth-order valence-electron chi connectivity index (χ4n) is 3.50. The Bertz CT molecular complexity index is 787. The van der Waals surface area contributed by atoms with Crippen LogP contribution in [0.15, 0.2) is 67.1 Å². The normalized spacial score (nSPS) is 17.5. The number of likely N-dealkylation sites (tertiary alicyclic amines) is 1. The molecule has 0 N–H and O–H groups in total. The van der Waals surface area contributed by atoms with Crippen molar-refractivity contribution >= 4 is 0 Å². The summed E-state index contributed by atoms with van der Waals surface area (Å²) in [5, 5.41) is 4.35. The fourth-order valence-corrected chi connectivity index (χ4v) is 3.50. The first kappa shape index (κ1) is 16.8. The van der Waals surface area contributed by atoms with Crippen LogP contribution in [0.4, 0.5) is 0 Å². The molecule has 0 bridgehead atoms. The molecule has 0 saturated carbocycles. The third kappa shape index (κ3) is 4.29. The summed E-state index contributed by atoms with van der Waals surface area (Å²) in [6.07, 6.45) is 8.19. The van der Waals surface area contributed by atoms with Crippen molar-refractivity contribution in [2.45, 2.75) is 38.6 Å². The molecule has 1 aliphatic heterocycles. The van der Waals surface area contributed by atoms with Crippen molar-refractivity contribution in [1.29, 1.82) is 0 Å². The van der Waals surface area contributed by atoms with Crippen LogP contribution in [0.3, 0.4) is 0 Å². The molecule has 1 fully saturated rings. The van der Waals surface area contributed by atoms with Gasteiger partial charge in [0, 0.05) is 31.2 Å². The van der Waals surface area contributed by atoms with Crippen molar-refractivity contribution in [3.63, 3.8) is 0 Å². The van der Waals surface area contributed by atoms with Gasteiger partial charge in [-0.1, -0.05) is 18.2 Å². The average Bonchev–Trinajstić information content (AvgIpc) is 3.35. The number of hydrogen-bond acceptors (Lipinski definition) is 4. The molecule has 26 heavy (non-hydrogen) atoms. The Balaban J connectivity index is 1.32. The van der Waals surface area contributed by atoms with E-state index in [1.807, 2.05) is 41.3 Å². The molecule has 1 unspecified atom stereocenters. The SMILES string of the molecule is c1ccc(COc2ccc(CN3CCCC3Cn3cccn3)cc2)nc1. The fraction of sp³-hybridized carbons (Fsp3) is 0.333. The number of rotatable bonds is 7. The molecule has 2 aromatic heterocycles. The first-order chi connectivity index (χ1) is 12.9. The Morgan fingerprint density at radius 3 is 2.73 bits per heavy atom. The zero-order valence-corrected chi connectivity index (χ0v) is 14.9. The van der Waals surface area contributed by atoms with Crippen LogP contribution in [-0.2, 0) is 19.7 Å². The van der Waals surface area contributed by atoms with Crippen LogP contribution >= 0.6 is 0 Å². The van der Waals surface area contributed by atoms with Gasteiger partial charge in [0.05, 0.1) is 12.2 Å². The van der Waals surface area contributed by atoms with Crippen molar-refractivity contribution in [2.75, 3.05) is 6.54 Å². The highest BCUT2D eigenvalue weighted by atomic mass is 16.5. The Morgan fingerprint density at radius 1 is 1.04 bits per heavy atom. The van der Waals surface area contributed by atoms with E-state index in [1.54, 1.807) is 6.20 Å². The topological polar surface area (TPSA) is 43.2 Å². The summed E-state index contributed by atoms with van der Waals surface area (Å²) in [5.41, 5.74) is 2.26. The summed E-state index contributed by atoms with van der Waals surface area (Å²) in [7, 11) is 0. The van der Waals surface area contributed by atoms with E-state index in [2.05, 4.69) is 39.2 Å². The van der Waals surface area contributed by atoms with Crippen LogP contribution in [0.1, 0.15) is 24.1 Å². The Kier molecular flexibility index (Phi) is 5.26. The van der Waals surface area contributed by atoms with Gasteiger partial charge in [-0.25, -0.2) is 0 Å². The van der Waals surface area contributed by atoms with E-state index in [1.165, 1.54) is 18.4 Å². The van der Waals surface area contributed by atoms with Crippen LogP contribution in [0.5, 0.6) is 5.75 Å². The molecule has 134 valence electrons. The smallest absolute Gasteiger partial charge is 0.130 e. The minimum atomic E-state index is 0.498. The van der Waals surface area contributed by atoms with Gasteiger partial charge in [-0.05, 0) is 55.3 Å². The maximum absolute atomic E-state index is 5.82. The molecule has 0 radical (unpaired) electrons. The lowest BCUT2D eigenvalue weighted by molar-refractivity contribution is 0.219. The van der Waals surface area contributed by atoms with Crippen LogP contribution in [0.25, 0.3) is 0 Å². The Hall–Kier alpha value is -2.66. The molecule has 0 amide bonds. The monoisotopic (exact) mass is 348 g/mol. The highest BCUT2D eigenvalue weighted by Gasteiger charge is 2.24. The minimum absolute atomic E-state index is 0.498. The summed E-state index contributed by atoms with van der Waals surface area (Å²) in [6, 6.07) is 16.8.